The lowest BCUT2D eigenvalue weighted by Crippen LogP contribution is -2.12. The molecule has 1 N–H and O–H groups in total. The maximum Gasteiger partial charge on any atom is 0.259 e. The molecule has 0 aliphatic heterocycles. The van der Waals surface area contributed by atoms with Gasteiger partial charge < -0.3 is 4.98 Å². The van der Waals surface area contributed by atoms with Crippen LogP contribution in [-0.4, -0.2) is 24.7 Å². The van der Waals surface area contributed by atoms with Gasteiger partial charge in [0.25, 0.3) is 5.56 Å². The Morgan fingerprint density at radius 3 is 2.65 bits per heavy atom. The van der Waals surface area contributed by atoms with Gasteiger partial charge in [-0.15, -0.1) is 32.9 Å². The van der Waals surface area contributed by atoms with Crippen LogP contribution in [0.2, 0.25) is 0 Å². The van der Waals surface area contributed by atoms with Crippen molar-refractivity contribution >= 4 is 44.7 Å². The molecule has 0 fully saturated rings. The zero-order valence-electron chi connectivity index (χ0n) is 17.1. The molecule has 0 unspecified atom stereocenters. The van der Waals surface area contributed by atoms with E-state index >= 15 is 0 Å². The largest absolute Gasteiger partial charge is 0.309 e. The van der Waals surface area contributed by atoms with Gasteiger partial charge in [-0.25, -0.2) is 4.98 Å². The highest BCUT2D eigenvalue weighted by molar-refractivity contribution is 7.99. The van der Waals surface area contributed by atoms with E-state index in [0.717, 1.165) is 36.8 Å². The lowest BCUT2D eigenvalue weighted by atomic mass is 10.2. The van der Waals surface area contributed by atoms with Crippen LogP contribution in [-0.2, 0) is 0 Å². The second kappa shape index (κ2) is 8.07. The number of nitrogens with one attached hydrogen (secondary N) is 1. The number of hydrogen-bond donors (Lipinski definition) is 1. The predicted octanol–water partition coefficient (Wildman–Crippen LogP) is 5.76. The zero-order chi connectivity index (χ0) is 21.5. The number of aromatic amines is 1. The Morgan fingerprint density at radius 2 is 1.90 bits per heavy atom. The number of aryl methyl sites for hydroxylation is 2. The van der Waals surface area contributed by atoms with E-state index in [1.54, 1.807) is 22.7 Å². The van der Waals surface area contributed by atoms with Crippen molar-refractivity contribution < 1.29 is 0 Å². The fourth-order valence-corrected chi connectivity index (χ4v) is 6.06. The third kappa shape index (κ3) is 3.62. The van der Waals surface area contributed by atoms with Crippen LogP contribution in [0.1, 0.15) is 28.4 Å². The molecule has 9 heteroatoms. The van der Waals surface area contributed by atoms with Crippen LogP contribution in [0.15, 0.2) is 57.8 Å². The van der Waals surface area contributed by atoms with Crippen molar-refractivity contribution in [2.75, 3.05) is 0 Å². The fourth-order valence-electron chi connectivity index (χ4n) is 3.40. The summed E-state index contributed by atoms with van der Waals surface area (Å²) in [5.41, 5.74) is 1.91. The molecule has 31 heavy (non-hydrogen) atoms. The van der Waals surface area contributed by atoms with E-state index in [2.05, 4.69) is 19.7 Å². The van der Waals surface area contributed by atoms with E-state index < -0.39 is 0 Å². The predicted molar refractivity (Wildman–Crippen MR) is 129 cm³/mol. The van der Waals surface area contributed by atoms with Crippen molar-refractivity contribution in [2.45, 2.75) is 31.2 Å². The maximum absolute atomic E-state index is 12.7. The van der Waals surface area contributed by atoms with Crippen molar-refractivity contribution in [1.82, 2.24) is 24.7 Å². The van der Waals surface area contributed by atoms with Gasteiger partial charge in [0.1, 0.15) is 10.7 Å². The molecule has 0 aliphatic carbocycles. The van der Waals surface area contributed by atoms with E-state index in [4.69, 9.17) is 4.98 Å². The van der Waals surface area contributed by atoms with Crippen LogP contribution in [0, 0.1) is 13.8 Å². The van der Waals surface area contributed by atoms with Crippen molar-refractivity contribution in [2.24, 2.45) is 0 Å². The monoisotopic (exact) mass is 465 g/mol. The molecule has 0 aliphatic rings. The minimum Gasteiger partial charge on any atom is -0.309 e. The number of aromatic nitrogens is 5. The van der Waals surface area contributed by atoms with Crippen molar-refractivity contribution in [3.05, 3.63) is 74.5 Å². The Bertz CT molecular complexity index is 1420. The number of fused-ring (bicyclic) bond motifs is 1. The number of benzene rings is 1. The third-order valence-corrected chi connectivity index (χ3v) is 8.13. The Balaban J connectivity index is 1.56. The summed E-state index contributed by atoms with van der Waals surface area (Å²) in [5.74, 6) is 1.45. The van der Waals surface area contributed by atoms with Crippen LogP contribution >= 0.6 is 34.4 Å². The number of para-hydroxylation sites is 1. The van der Waals surface area contributed by atoms with E-state index in [1.807, 2.05) is 68.6 Å². The van der Waals surface area contributed by atoms with Crippen molar-refractivity contribution in [1.29, 1.82) is 0 Å². The molecule has 156 valence electrons. The Kier molecular flexibility index (Phi) is 5.25. The first-order valence-corrected chi connectivity index (χ1v) is 12.3. The van der Waals surface area contributed by atoms with Gasteiger partial charge in [-0.2, -0.15) is 0 Å². The van der Waals surface area contributed by atoms with E-state index in [0.29, 0.717) is 11.2 Å². The number of rotatable bonds is 5. The normalized spacial score (nSPS) is 12.5. The minimum atomic E-state index is -0.109. The second-order valence-corrected chi connectivity index (χ2v) is 10.6. The molecular formula is C22H19N5OS3. The summed E-state index contributed by atoms with van der Waals surface area (Å²) in [7, 11) is 0. The van der Waals surface area contributed by atoms with Crippen LogP contribution in [0.4, 0.5) is 0 Å². The first kappa shape index (κ1) is 20.2. The van der Waals surface area contributed by atoms with Gasteiger partial charge in [0.2, 0.25) is 0 Å². The lowest BCUT2D eigenvalue weighted by molar-refractivity contribution is 0.863. The van der Waals surface area contributed by atoms with E-state index in [1.165, 1.54) is 11.8 Å². The van der Waals surface area contributed by atoms with E-state index in [9.17, 15) is 4.79 Å². The van der Waals surface area contributed by atoms with Gasteiger partial charge in [-0.3, -0.25) is 9.36 Å². The van der Waals surface area contributed by atoms with Gasteiger partial charge in [0.15, 0.2) is 11.0 Å². The average Bonchev–Trinajstić information content (AvgIpc) is 3.48. The van der Waals surface area contributed by atoms with Gasteiger partial charge >= 0.3 is 0 Å². The van der Waals surface area contributed by atoms with Crippen LogP contribution in [0.25, 0.3) is 26.6 Å². The molecule has 0 saturated carbocycles. The quantitative estimate of drug-likeness (QED) is 0.334. The summed E-state index contributed by atoms with van der Waals surface area (Å²) < 4.78 is 2.06. The number of thiophene rings is 2. The first-order chi connectivity index (χ1) is 15.0. The number of H-pyrrole nitrogens is 1. The highest BCUT2D eigenvalue weighted by Crippen LogP contribution is 2.37. The SMILES string of the molecule is Cc1sc2nc([C@H](C)Sc3nnc(-c4cccs4)n3-c3ccccc3)[nH]c(=O)c2c1C. The Hall–Kier alpha value is -2.75. The molecule has 5 rings (SSSR count). The Labute approximate surface area is 191 Å². The van der Waals surface area contributed by atoms with Gasteiger partial charge in [0.05, 0.1) is 15.5 Å². The molecule has 1 atom stereocenters. The summed E-state index contributed by atoms with van der Waals surface area (Å²) in [6.07, 6.45) is 0. The summed E-state index contributed by atoms with van der Waals surface area (Å²) in [6, 6.07) is 14.1. The molecule has 0 bridgehead atoms. The van der Waals surface area contributed by atoms with Crippen LogP contribution in [0.5, 0.6) is 0 Å². The van der Waals surface area contributed by atoms with Crippen molar-refractivity contribution in [3.63, 3.8) is 0 Å². The number of hydrogen-bond acceptors (Lipinski definition) is 7. The van der Waals surface area contributed by atoms with Gasteiger partial charge in [0, 0.05) is 10.6 Å². The van der Waals surface area contributed by atoms with Gasteiger partial charge in [-0.05, 0) is 49.9 Å². The van der Waals surface area contributed by atoms with Crippen molar-refractivity contribution in [3.8, 4) is 16.4 Å². The van der Waals surface area contributed by atoms with Crippen LogP contribution < -0.4 is 5.56 Å². The average molecular weight is 466 g/mol. The standard InChI is InChI=1S/C22H19N5OS3/c1-12-13(2)30-21-17(12)20(28)23-18(24-21)14(3)31-22-26-25-19(16-10-7-11-29-16)27(22)15-8-5-4-6-9-15/h4-11,14H,1-3H3,(H,23,24,28)/t14-/m0/s1. The minimum absolute atomic E-state index is 0.0851. The van der Waals surface area contributed by atoms with Crippen LogP contribution in [0.3, 0.4) is 0 Å². The topological polar surface area (TPSA) is 76.5 Å². The molecule has 0 spiro atoms. The molecule has 1 aromatic carbocycles. The molecule has 0 radical (unpaired) electrons. The number of thioether (sulfide) groups is 1. The second-order valence-electron chi connectivity index (χ2n) is 7.13. The zero-order valence-corrected chi connectivity index (χ0v) is 19.6. The number of nitrogens with zero attached hydrogens (tertiary/aromatic N) is 4. The molecule has 0 amide bonds. The molecule has 5 aromatic rings. The third-order valence-electron chi connectivity index (χ3n) is 5.11. The lowest BCUT2D eigenvalue weighted by Gasteiger charge is -2.13. The summed E-state index contributed by atoms with van der Waals surface area (Å²) in [4.78, 5) is 23.4. The molecule has 4 heterocycles. The summed E-state index contributed by atoms with van der Waals surface area (Å²) >= 11 is 4.72. The maximum atomic E-state index is 12.7. The van der Waals surface area contributed by atoms with Gasteiger partial charge in [-0.1, -0.05) is 36.0 Å². The summed E-state index contributed by atoms with van der Waals surface area (Å²) in [5, 5.41) is 12.3. The molecule has 0 saturated heterocycles. The molecule has 6 nitrogen and oxygen atoms in total. The van der Waals surface area contributed by atoms with E-state index in [-0.39, 0.29) is 10.8 Å². The Morgan fingerprint density at radius 1 is 1.10 bits per heavy atom. The fraction of sp³-hybridized carbons (Fsp3) is 0.182. The highest BCUT2D eigenvalue weighted by atomic mass is 32.2. The molecule has 4 aromatic heterocycles. The summed E-state index contributed by atoms with van der Waals surface area (Å²) in [6.45, 7) is 6.02. The smallest absolute Gasteiger partial charge is 0.259 e. The molecular weight excluding hydrogens is 446 g/mol. The highest BCUT2D eigenvalue weighted by Gasteiger charge is 2.22. The first-order valence-electron chi connectivity index (χ1n) is 9.74.